The zero-order valence-electron chi connectivity index (χ0n) is 13.2. The monoisotopic (exact) mass is 406 g/mol. The molecule has 5 nitrogen and oxygen atoms in total. The van der Waals surface area contributed by atoms with E-state index in [2.05, 4.69) is 10.3 Å². The van der Waals surface area contributed by atoms with E-state index in [1.807, 2.05) is 12.1 Å². The molecule has 0 spiro atoms. The first-order valence-corrected chi connectivity index (χ1v) is 9.09. The standard InChI is InChI=1S/C18H12Cl2N2O3S/c19-12-3-1-11(2-4-12)17-22-15(10-26-17)18(24)25-9-16(23)21-14-7-5-13(20)6-8-14/h1-8,10H,9H2,(H,21,23). The van der Waals surface area contributed by atoms with Gasteiger partial charge in [0.15, 0.2) is 12.3 Å². The Bertz CT molecular complexity index is 924. The van der Waals surface area contributed by atoms with Gasteiger partial charge in [0.2, 0.25) is 0 Å². The molecule has 1 N–H and O–H groups in total. The molecular weight excluding hydrogens is 395 g/mol. The third kappa shape index (κ3) is 4.82. The predicted molar refractivity (Wildman–Crippen MR) is 103 cm³/mol. The van der Waals surface area contributed by atoms with Crippen LogP contribution in [-0.4, -0.2) is 23.5 Å². The van der Waals surface area contributed by atoms with Gasteiger partial charge in [0.25, 0.3) is 5.91 Å². The molecule has 1 amide bonds. The third-order valence-corrected chi connectivity index (χ3v) is 4.66. The number of aromatic nitrogens is 1. The number of carbonyl (C=O) groups is 2. The van der Waals surface area contributed by atoms with Crippen LogP contribution >= 0.6 is 34.5 Å². The number of carbonyl (C=O) groups excluding carboxylic acids is 2. The topological polar surface area (TPSA) is 68.3 Å². The van der Waals surface area contributed by atoms with Crippen molar-refractivity contribution in [2.24, 2.45) is 0 Å². The van der Waals surface area contributed by atoms with E-state index in [-0.39, 0.29) is 5.69 Å². The van der Waals surface area contributed by atoms with Crippen molar-refractivity contribution < 1.29 is 14.3 Å². The first-order valence-electron chi connectivity index (χ1n) is 7.45. The molecule has 132 valence electrons. The molecule has 1 heterocycles. The fourth-order valence-electron chi connectivity index (χ4n) is 2.03. The number of hydrogen-bond donors (Lipinski definition) is 1. The van der Waals surface area contributed by atoms with Crippen molar-refractivity contribution in [1.29, 1.82) is 0 Å². The summed E-state index contributed by atoms with van der Waals surface area (Å²) in [6.07, 6.45) is 0. The van der Waals surface area contributed by atoms with E-state index in [4.69, 9.17) is 27.9 Å². The lowest BCUT2D eigenvalue weighted by Crippen LogP contribution is -2.21. The molecule has 1 aromatic heterocycles. The number of halogens is 2. The van der Waals surface area contributed by atoms with Crippen molar-refractivity contribution in [3.05, 3.63) is 69.7 Å². The zero-order valence-corrected chi connectivity index (χ0v) is 15.6. The van der Waals surface area contributed by atoms with Crippen LogP contribution in [-0.2, 0) is 9.53 Å². The summed E-state index contributed by atoms with van der Waals surface area (Å²) in [5.74, 6) is -1.11. The molecule has 0 saturated carbocycles. The maximum Gasteiger partial charge on any atom is 0.358 e. The second kappa shape index (κ2) is 8.31. The molecule has 0 aliphatic carbocycles. The second-order valence-corrected chi connectivity index (χ2v) is 6.91. The molecule has 8 heteroatoms. The summed E-state index contributed by atoms with van der Waals surface area (Å²) >= 11 is 12.9. The molecule has 0 aliphatic rings. The van der Waals surface area contributed by atoms with Crippen molar-refractivity contribution in [3.63, 3.8) is 0 Å². The smallest absolute Gasteiger partial charge is 0.358 e. The molecule has 0 saturated heterocycles. The third-order valence-electron chi connectivity index (χ3n) is 3.27. The SMILES string of the molecule is O=C(COC(=O)c1csc(-c2ccc(Cl)cc2)n1)Nc1ccc(Cl)cc1. The number of benzene rings is 2. The minimum absolute atomic E-state index is 0.152. The second-order valence-electron chi connectivity index (χ2n) is 5.18. The van der Waals surface area contributed by atoms with Gasteiger partial charge in [0.05, 0.1) is 0 Å². The van der Waals surface area contributed by atoms with Gasteiger partial charge in [0.1, 0.15) is 5.01 Å². The van der Waals surface area contributed by atoms with E-state index in [9.17, 15) is 9.59 Å². The summed E-state index contributed by atoms with van der Waals surface area (Å²) < 4.78 is 5.00. The summed E-state index contributed by atoms with van der Waals surface area (Å²) in [6.45, 7) is -0.407. The molecule has 0 atom stereocenters. The van der Waals surface area contributed by atoms with Crippen molar-refractivity contribution in [3.8, 4) is 10.6 Å². The quantitative estimate of drug-likeness (QED) is 0.610. The van der Waals surface area contributed by atoms with Crippen LogP contribution in [0.4, 0.5) is 5.69 Å². The minimum atomic E-state index is -0.660. The first kappa shape index (κ1) is 18.4. The van der Waals surface area contributed by atoms with Crippen LogP contribution in [0.25, 0.3) is 10.6 Å². The van der Waals surface area contributed by atoms with Crippen molar-refractivity contribution >= 4 is 52.1 Å². The van der Waals surface area contributed by atoms with Crippen molar-refractivity contribution in [2.45, 2.75) is 0 Å². The molecule has 26 heavy (non-hydrogen) atoms. The molecule has 0 aliphatic heterocycles. The zero-order chi connectivity index (χ0) is 18.5. The number of anilines is 1. The van der Waals surface area contributed by atoms with E-state index < -0.39 is 18.5 Å². The van der Waals surface area contributed by atoms with Gasteiger partial charge in [-0.1, -0.05) is 35.3 Å². The number of amides is 1. The van der Waals surface area contributed by atoms with Crippen LogP contribution in [0.2, 0.25) is 10.0 Å². The Morgan fingerprint density at radius 3 is 2.27 bits per heavy atom. The number of rotatable bonds is 5. The van der Waals surface area contributed by atoms with Gasteiger partial charge in [-0.2, -0.15) is 0 Å². The van der Waals surface area contributed by atoms with E-state index in [0.29, 0.717) is 20.7 Å². The van der Waals surface area contributed by atoms with Crippen LogP contribution < -0.4 is 5.32 Å². The van der Waals surface area contributed by atoms with Crippen LogP contribution in [0.5, 0.6) is 0 Å². The number of nitrogens with zero attached hydrogens (tertiary/aromatic N) is 1. The molecule has 0 bridgehead atoms. The lowest BCUT2D eigenvalue weighted by atomic mass is 10.2. The average Bonchev–Trinajstić information content (AvgIpc) is 3.12. The number of ether oxygens (including phenoxy) is 1. The van der Waals surface area contributed by atoms with Gasteiger partial charge >= 0.3 is 5.97 Å². The first-order chi connectivity index (χ1) is 12.5. The van der Waals surface area contributed by atoms with Crippen molar-refractivity contribution in [1.82, 2.24) is 4.98 Å². The number of nitrogens with one attached hydrogen (secondary N) is 1. The average molecular weight is 407 g/mol. The van der Waals surface area contributed by atoms with E-state index in [1.165, 1.54) is 11.3 Å². The molecule has 0 radical (unpaired) electrons. The highest BCUT2D eigenvalue weighted by molar-refractivity contribution is 7.13. The maximum atomic E-state index is 12.0. The van der Waals surface area contributed by atoms with Crippen LogP contribution in [0.15, 0.2) is 53.9 Å². The lowest BCUT2D eigenvalue weighted by Gasteiger charge is -2.05. The number of hydrogen-bond acceptors (Lipinski definition) is 5. The summed E-state index contributed by atoms with van der Waals surface area (Å²) in [4.78, 5) is 28.1. The molecule has 3 aromatic rings. The summed E-state index contributed by atoms with van der Waals surface area (Å²) in [5, 5.41) is 6.05. The van der Waals surface area contributed by atoms with Gasteiger partial charge in [-0.05, 0) is 36.4 Å². The fourth-order valence-corrected chi connectivity index (χ4v) is 3.08. The fraction of sp³-hybridized carbons (Fsp3) is 0.0556. The molecule has 0 fully saturated rings. The molecule has 2 aromatic carbocycles. The van der Waals surface area contributed by atoms with Gasteiger partial charge in [-0.3, -0.25) is 4.79 Å². The van der Waals surface area contributed by atoms with Gasteiger partial charge in [-0.25, -0.2) is 9.78 Å². The minimum Gasteiger partial charge on any atom is -0.451 e. The molecular formula is C18H12Cl2N2O3S. The van der Waals surface area contributed by atoms with Crippen LogP contribution in [0.1, 0.15) is 10.5 Å². The highest BCUT2D eigenvalue weighted by Crippen LogP contribution is 2.25. The summed E-state index contributed by atoms with van der Waals surface area (Å²) in [7, 11) is 0. The van der Waals surface area contributed by atoms with E-state index in [0.717, 1.165) is 5.56 Å². The normalized spacial score (nSPS) is 10.4. The largest absolute Gasteiger partial charge is 0.451 e. The Kier molecular flexibility index (Phi) is 5.88. The summed E-state index contributed by atoms with van der Waals surface area (Å²) in [6, 6.07) is 13.7. The maximum absolute atomic E-state index is 12.0. The van der Waals surface area contributed by atoms with Gasteiger partial charge in [-0.15, -0.1) is 11.3 Å². The Morgan fingerprint density at radius 2 is 1.62 bits per heavy atom. The van der Waals surface area contributed by atoms with Crippen LogP contribution in [0, 0.1) is 0 Å². The highest BCUT2D eigenvalue weighted by atomic mass is 35.5. The van der Waals surface area contributed by atoms with Gasteiger partial charge in [0, 0.05) is 26.7 Å². The van der Waals surface area contributed by atoms with E-state index in [1.54, 1.807) is 41.8 Å². The number of esters is 1. The van der Waals surface area contributed by atoms with Crippen molar-refractivity contribution in [2.75, 3.05) is 11.9 Å². The van der Waals surface area contributed by atoms with Crippen LogP contribution in [0.3, 0.4) is 0 Å². The van der Waals surface area contributed by atoms with E-state index >= 15 is 0 Å². The Labute approximate surface area is 163 Å². The molecule has 0 unspecified atom stereocenters. The predicted octanol–water partition coefficient (Wildman–Crippen LogP) is 4.91. The molecule has 3 rings (SSSR count). The lowest BCUT2D eigenvalue weighted by molar-refractivity contribution is -0.119. The highest BCUT2D eigenvalue weighted by Gasteiger charge is 2.15. The Hall–Kier alpha value is -2.41. The summed E-state index contributed by atoms with van der Waals surface area (Å²) in [5.41, 5.74) is 1.56. The van der Waals surface area contributed by atoms with Gasteiger partial charge < -0.3 is 10.1 Å². The Balaban J connectivity index is 1.55. The number of thiazole rings is 1. The Morgan fingerprint density at radius 1 is 1.00 bits per heavy atom.